The highest BCUT2D eigenvalue weighted by atomic mass is 33.1. The maximum Gasteiger partial charge on any atom is 0.153 e. The zero-order chi connectivity index (χ0) is 10.5. The second-order valence-corrected chi connectivity index (χ2v) is 5.87. The molecule has 2 heterocycles. The molecule has 0 spiro atoms. The normalized spacial score (nSPS) is 17.2. The van der Waals surface area contributed by atoms with E-state index in [1.54, 1.807) is 12.3 Å². The van der Waals surface area contributed by atoms with Crippen LogP contribution >= 0.6 is 21.6 Å². The van der Waals surface area contributed by atoms with Crippen molar-refractivity contribution in [1.29, 1.82) is 0 Å². The van der Waals surface area contributed by atoms with Crippen molar-refractivity contribution in [1.82, 2.24) is 4.98 Å². The Morgan fingerprint density at radius 2 is 2.07 bits per heavy atom. The van der Waals surface area contributed by atoms with Gasteiger partial charge in [0.1, 0.15) is 5.82 Å². The molecule has 0 aromatic carbocycles. The summed E-state index contributed by atoms with van der Waals surface area (Å²) in [4.78, 5) is 17.4. The van der Waals surface area contributed by atoms with Crippen molar-refractivity contribution >= 4 is 33.7 Å². The van der Waals surface area contributed by atoms with Crippen LogP contribution in [0.2, 0.25) is 0 Å². The molecule has 0 atom stereocenters. The van der Waals surface area contributed by atoms with E-state index in [4.69, 9.17) is 0 Å². The molecule has 1 aliphatic heterocycles. The van der Waals surface area contributed by atoms with E-state index in [1.165, 1.54) is 0 Å². The monoisotopic (exact) mass is 240 g/mol. The van der Waals surface area contributed by atoms with Crippen molar-refractivity contribution in [2.45, 2.75) is 0 Å². The van der Waals surface area contributed by atoms with E-state index in [-0.39, 0.29) is 0 Å². The number of nitrogens with zero attached hydrogens (tertiary/aromatic N) is 2. The second kappa shape index (κ2) is 5.42. The van der Waals surface area contributed by atoms with Crippen LogP contribution in [0.5, 0.6) is 0 Å². The van der Waals surface area contributed by atoms with Gasteiger partial charge in [0.15, 0.2) is 6.29 Å². The number of rotatable bonds is 2. The Balaban J connectivity index is 2.22. The third-order valence-corrected chi connectivity index (χ3v) is 4.58. The lowest BCUT2D eigenvalue weighted by Crippen LogP contribution is -2.28. The Bertz CT molecular complexity index is 338. The lowest BCUT2D eigenvalue weighted by atomic mass is 10.2. The first-order valence-corrected chi connectivity index (χ1v) is 7.30. The molecule has 80 valence electrons. The van der Waals surface area contributed by atoms with Gasteiger partial charge in [0, 0.05) is 30.8 Å². The van der Waals surface area contributed by atoms with Gasteiger partial charge in [-0.1, -0.05) is 21.6 Å². The van der Waals surface area contributed by atoms with Crippen LogP contribution in [-0.4, -0.2) is 35.9 Å². The van der Waals surface area contributed by atoms with Crippen LogP contribution in [0.1, 0.15) is 10.4 Å². The number of anilines is 1. The molecule has 2 rings (SSSR count). The highest BCUT2D eigenvalue weighted by molar-refractivity contribution is 8.76. The summed E-state index contributed by atoms with van der Waals surface area (Å²) in [6.07, 6.45) is 2.63. The number of hydrogen-bond acceptors (Lipinski definition) is 5. The summed E-state index contributed by atoms with van der Waals surface area (Å²) in [5.74, 6) is 3.00. The van der Waals surface area contributed by atoms with Gasteiger partial charge in [-0.2, -0.15) is 0 Å². The first kappa shape index (κ1) is 10.8. The van der Waals surface area contributed by atoms with Gasteiger partial charge in [-0.3, -0.25) is 4.79 Å². The number of carbonyl (C=O) groups excluding carboxylic acids is 1. The molecule has 0 amide bonds. The summed E-state index contributed by atoms with van der Waals surface area (Å²) in [5.41, 5.74) is 0.689. The van der Waals surface area contributed by atoms with Gasteiger partial charge in [0.25, 0.3) is 0 Å². The number of hydrogen-bond donors (Lipinski definition) is 0. The van der Waals surface area contributed by atoms with E-state index in [2.05, 4.69) is 9.88 Å². The number of carbonyl (C=O) groups is 1. The van der Waals surface area contributed by atoms with Gasteiger partial charge in [0.05, 0.1) is 5.56 Å². The summed E-state index contributed by atoms with van der Waals surface area (Å²) in [6.45, 7) is 1.94. The first-order chi connectivity index (χ1) is 7.42. The van der Waals surface area contributed by atoms with E-state index >= 15 is 0 Å². The number of pyridine rings is 1. The van der Waals surface area contributed by atoms with Gasteiger partial charge < -0.3 is 4.90 Å². The quantitative estimate of drug-likeness (QED) is 0.584. The van der Waals surface area contributed by atoms with Crippen LogP contribution in [0, 0.1) is 0 Å². The minimum Gasteiger partial charge on any atom is -0.354 e. The van der Waals surface area contributed by atoms with Crippen molar-refractivity contribution in [2.24, 2.45) is 0 Å². The fraction of sp³-hybridized carbons (Fsp3) is 0.400. The fourth-order valence-corrected chi connectivity index (χ4v) is 3.48. The molecule has 15 heavy (non-hydrogen) atoms. The molecule has 1 aliphatic rings. The molecule has 0 aliphatic carbocycles. The van der Waals surface area contributed by atoms with Crippen LogP contribution in [0.4, 0.5) is 5.82 Å². The summed E-state index contributed by atoms with van der Waals surface area (Å²) in [5, 5.41) is 0. The Morgan fingerprint density at radius 1 is 1.33 bits per heavy atom. The average Bonchev–Trinajstić information content (AvgIpc) is 2.57. The Labute approximate surface area is 97.0 Å². The number of aromatic nitrogens is 1. The zero-order valence-corrected chi connectivity index (χ0v) is 9.89. The Hall–Kier alpha value is -0.680. The standard InChI is InChI=1S/C10H12N2OS2/c13-8-9-2-1-3-11-10(9)12-4-6-14-15-7-5-12/h1-3,8H,4-7H2. The molecular weight excluding hydrogens is 228 g/mol. The predicted octanol–water partition coefficient (Wildman–Crippen LogP) is 2.10. The van der Waals surface area contributed by atoms with E-state index in [1.807, 2.05) is 27.7 Å². The molecule has 0 bridgehead atoms. The van der Waals surface area contributed by atoms with Crippen molar-refractivity contribution in [3.63, 3.8) is 0 Å². The van der Waals surface area contributed by atoms with E-state index < -0.39 is 0 Å². The molecule has 1 saturated heterocycles. The van der Waals surface area contributed by atoms with Gasteiger partial charge in [-0.15, -0.1) is 0 Å². The number of aldehydes is 1. The third-order valence-electron chi connectivity index (χ3n) is 2.22. The zero-order valence-electron chi connectivity index (χ0n) is 8.26. The first-order valence-electron chi connectivity index (χ1n) is 4.81. The highest BCUT2D eigenvalue weighted by Gasteiger charge is 2.14. The van der Waals surface area contributed by atoms with Gasteiger partial charge >= 0.3 is 0 Å². The lowest BCUT2D eigenvalue weighted by Gasteiger charge is -2.21. The largest absolute Gasteiger partial charge is 0.354 e. The molecule has 1 fully saturated rings. The molecule has 0 saturated carbocycles. The van der Waals surface area contributed by atoms with Crippen molar-refractivity contribution < 1.29 is 4.79 Å². The minimum atomic E-state index is 0.689. The van der Waals surface area contributed by atoms with Crippen LogP contribution in [0.3, 0.4) is 0 Å². The third kappa shape index (κ3) is 2.66. The molecule has 0 radical (unpaired) electrons. The van der Waals surface area contributed by atoms with E-state index in [9.17, 15) is 4.79 Å². The molecular formula is C10H12N2OS2. The molecule has 1 aromatic rings. The van der Waals surface area contributed by atoms with Crippen LogP contribution < -0.4 is 4.90 Å². The predicted molar refractivity (Wildman–Crippen MR) is 66.8 cm³/mol. The summed E-state index contributed by atoms with van der Waals surface area (Å²) >= 11 is 0. The SMILES string of the molecule is O=Cc1cccnc1N1CCSSCC1. The van der Waals surface area contributed by atoms with Gasteiger partial charge in [0.2, 0.25) is 0 Å². The van der Waals surface area contributed by atoms with Crippen LogP contribution in [-0.2, 0) is 0 Å². The average molecular weight is 240 g/mol. The van der Waals surface area contributed by atoms with Crippen molar-refractivity contribution in [3.8, 4) is 0 Å². The Kier molecular flexibility index (Phi) is 3.91. The topological polar surface area (TPSA) is 33.2 Å². The van der Waals surface area contributed by atoms with E-state index in [0.29, 0.717) is 5.56 Å². The van der Waals surface area contributed by atoms with Gasteiger partial charge in [-0.05, 0) is 12.1 Å². The molecule has 1 aromatic heterocycles. The molecule has 0 N–H and O–H groups in total. The second-order valence-electron chi connectivity index (χ2n) is 3.17. The highest BCUT2D eigenvalue weighted by Crippen LogP contribution is 2.26. The van der Waals surface area contributed by atoms with E-state index in [0.717, 1.165) is 36.7 Å². The smallest absolute Gasteiger partial charge is 0.153 e. The molecule has 3 nitrogen and oxygen atoms in total. The van der Waals surface area contributed by atoms with Gasteiger partial charge in [-0.25, -0.2) is 4.98 Å². The molecule has 5 heteroatoms. The van der Waals surface area contributed by atoms with Crippen LogP contribution in [0.15, 0.2) is 18.3 Å². The summed E-state index contributed by atoms with van der Waals surface area (Å²) < 4.78 is 0. The van der Waals surface area contributed by atoms with Crippen molar-refractivity contribution in [3.05, 3.63) is 23.9 Å². The summed E-state index contributed by atoms with van der Waals surface area (Å²) in [6, 6.07) is 3.62. The molecule has 0 unspecified atom stereocenters. The van der Waals surface area contributed by atoms with Crippen molar-refractivity contribution in [2.75, 3.05) is 29.5 Å². The Morgan fingerprint density at radius 3 is 2.73 bits per heavy atom. The minimum absolute atomic E-state index is 0.689. The fourth-order valence-electron chi connectivity index (χ4n) is 1.50. The lowest BCUT2D eigenvalue weighted by molar-refractivity contribution is 0.112. The maximum atomic E-state index is 10.9. The summed E-state index contributed by atoms with van der Waals surface area (Å²) in [7, 11) is 3.77. The maximum absolute atomic E-state index is 10.9. The van der Waals surface area contributed by atoms with Crippen LogP contribution in [0.25, 0.3) is 0 Å².